The molecular weight excluding hydrogens is 230 g/mol. The van der Waals surface area contributed by atoms with Crippen LogP contribution in [0.2, 0.25) is 0 Å². The molecule has 92 valence electrons. The van der Waals surface area contributed by atoms with Crippen LogP contribution in [0.4, 0.5) is 0 Å². The highest BCUT2D eigenvalue weighted by Crippen LogP contribution is 2.21. The lowest BCUT2D eigenvalue weighted by Crippen LogP contribution is -2.24. The zero-order chi connectivity index (χ0) is 13.3. The predicted molar refractivity (Wildman–Crippen MR) is 68.8 cm³/mol. The number of benzene rings is 1. The first kappa shape index (κ1) is 12.1. The van der Waals surface area contributed by atoms with Gasteiger partial charge in [0, 0.05) is 18.8 Å². The molecule has 1 heterocycles. The molecular formula is C14H13NO3. The minimum atomic E-state index is -1.20. The van der Waals surface area contributed by atoms with Gasteiger partial charge in [0.05, 0.1) is 0 Å². The van der Waals surface area contributed by atoms with Crippen LogP contribution in [-0.2, 0) is 7.05 Å². The van der Waals surface area contributed by atoms with Crippen molar-refractivity contribution in [2.24, 2.45) is 7.05 Å². The highest BCUT2D eigenvalue weighted by Gasteiger charge is 2.16. The lowest BCUT2D eigenvalue weighted by Gasteiger charge is -2.08. The van der Waals surface area contributed by atoms with E-state index in [-0.39, 0.29) is 5.56 Å². The van der Waals surface area contributed by atoms with Crippen LogP contribution in [0.15, 0.2) is 41.3 Å². The maximum Gasteiger partial charge on any atom is 0.341 e. The van der Waals surface area contributed by atoms with Crippen molar-refractivity contribution in [1.82, 2.24) is 4.57 Å². The highest BCUT2D eigenvalue weighted by atomic mass is 16.4. The Morgan fingerprint density at radius 3 is 2.33 bits per heavy atom. The second-order valence-electron chi connectivity index (χ2n) is 4.19. The SMILES string of the molecule is Cc1ccc(-c2ccn(C)c(=O)c2C(=O)O)cc1. The van der Waals surface area contributed by atoms with Gasteiger partial charge in [-0.1, -0.05) is 29.8 Å². The Kier molecular flexibility index (Phi) is 3.02. The van der Waals surface area contributed by atoms with Gasteiger partial charge in [-0.2, -0.15) is 0 Å². The molecule has 1 aromatic heterocycles. The zero-order valence-electron chi connectivity index (χ0n) is 10.2. The Bertz CT molecular complexity index is 654. The number of carboxylic acid groups (broad SMARTS) is 1. The zero-order valence-corrected chi connectivity index (χ0v) is 10.2. The van der Waals surface area contributed by atoms with E-state index in [1.807, 2.05) is 31.2 Å². The van der Waals surface area contributed by atoms with Crippen molar-refractivity contribution in [2.45, 2.75) is 6.92 Å². The summed E-state index contributed by atoms with van der Waals surface area (Å²) in [7, 11) is 1.54. The van der Waals surface area contributed by atoms with Gasteiger partial charge in [0.1, 0.15) is 5.56 Å². The molecule has 2 rings (SSSR count). The van der Waals surface area contributed by atoms with E-state index in [1.54, 1.807) is 12.3 Å². The fourth-order valence-corrected chi connectivity index (χ4v) is 1.81. The molecule has 0 bridgehead atoms. The molecule has 0 saturated carbocycles. The Morgan fingerprint density at radius 1 is 1.17 bits per heavy atom. The molecule has 1 aromatic carbocycles. The summed E-state index contributed by atoms with van der Waals surface area (Å²) < 4.78 is 1.27. The van der Waals surface area contributed by atoms with Crippen LogP contribution in [0.1, 0.15) is 15.9 Å². The average molecular weight is 243 g/mol. The van der Waals surface area contributed by atoms with E-state index in [0.717, 1.165) is 11.1 Å². The summed E-state index contributed by atoms with van der Waals surface area (Å²) >= 11 is 0. The summed E-state index contributed by atoms with van der Waals surface area (Å²) in [5.41, 5.74) is 1.57. The number of rotatable bonds is 2. The molecule has 4 nitrogen and oxygen atoms in total. The number of nitrogens with zero attached hydrogens (tertiary/aromatic N) is 1. The van der Waals surface area contributed by atoms with Gasteiger partial charge in [0.15, 0.2) is 0 Å². The second kappa shape index (κ2) is 4.49. The summed E-state index contributed by atoms with van der Waals surface area (Å²) in [5.74, 6) is -1.20. The lowest BCUT2D eigenvalue weighted by atomic mass is 10.0. The highest BCUT2D eigenvalue weighted by molar-refractivity contribution is 5.95. The minimum Gasteiger partial charge on any atom is -0.477 e. The number of pyridine rings is 1. The first-order chi connectivity index (χ1) is 8.50. The van der Waals surface area contributed by atoms with E-state index in [0.29, 0.717) is 5.56 Å². The molecule has 0 spiro atoms. The van der Waals surface area contributed by atoms with Crippen LogP contribution in [0.3, 0.4) is 0 Å². The van der Waals surface area contributed by atoms with Gasteiger partial charge in [-0.3, -0.25) is 4.79 Å². The van der Waals surface area contributed by atoms with Crippen LogP contribution in [0.5, 0.6) is 0 Å². The number of hydrogen-bond acceptors (Lipinski definition) is 2. The van der Waals surface area contributed by atoms with Crippen molar-refractivity contribution in [3.05, 3.63) is 58.0 Å². The Labute approximate surface area is 104 Å². The summed E-state index contributed by atoms with van der Waals surface area (Å²) in [4.78, 5) is 23.1. The summed E-state index contributed by atoms with van der Waals surface area (Å²) in [6, 6.07) is 9.06. The van der Waals surface area contributed by atoms with Crippen LogP contribution in [0, 0.1) is 6.92 Å². The summed E-state index contributed by atoms with van der Waals surface area (Å²) in [6.07, 6.45) is 1.57. The van der Waals surface area contributed by atoms with Gasteiger partial charge >= 0.3 is 5.97 Å². The molecule has 0 atom stereocenters. The maximum absolute atomic E-state index is 11.9. The van der Waals surface area contributed by atoms with E-state index < -0.39 is 11.5 Å². The molecule has 0 unspecified atom stereocenters. The van der Waals surface area contributed by atoms with Crippen molar-refractivity contribution < 1.29 is 9.90 Å². The van der Waals surface area contributed by atoms with Crippen molar-refractivity contribution >= 4 is 5.97 Å². The third-order valence-corrected chi connectivity index (χ3v) is 2.84. The Morgan fingerprint density at radius 2 is 1.78 bits per heavy atom. The van der Waals surface area contributed by atoms with Crippen molar-refractivity contribution in [3.8, 4) is 11.1 Å². The second-order valence-corrected chi connectivity index (χ2v) is 4.19. The number of hydrogen-bond donors (Lipinski definition) is 1. The van der Waals surface area contributed by atoms with Gasteiger partial charge < -0.3 is 9.67 Å². The molecule has 4 heteroatoms. The predicted octanol–water partition coefficient (Wildman–Crippen LogP) is 2.06. The molecule has 0 radical (unpaired) electrons. The van der Waals surface area contributed by atoms with Gasteiger partial charge in [0.2, 0.25) is 0 Å². The lowest BCUT2D eigenvalue weighted by molar-refractivity contribution is 0.0695. The van der Waals surface area contributed by atoms with Gasteiger partial charge in [0.25, 0.3) is 5.56 Å². The van der Waals surface area contributed by atoms with E-state index >= 15 is 0 Å². The molecule has 18 heavy (non-hydrogen) atoms. The van der Waals surface area contributed by atoms with Gasteiger partial charge in [-0.05, 0) is 18.6 Å². The number of aromatic carboxylic acids is 1. The molecule has 0 amide bonds. The standard InChI is InChI=1S/C14H13NO3/c1-9-3-5-10(6-4-9)11-7-8-15(2)13(16)12(11)14(17)18/h3-8H,1-2H3,(H,17,18). The van der Waals surface area contributed by atoms with Crippen LogP contribution in [0.25, 0.3) is 11.1 Å². The molecule has 0 fully saturated rings. The van der Waals surface area contributed by atoms with Gasteiger partial charge in [-0.25, -0.2) is 4.79 Å². The van der Waals surface area contributed by atoms with Gasteiger partial charge in [-0.15, -0.1) is 0 Å². The van der Waals surface area contributed by atoms with Crippen LogP contribution >= 0.6 is 0 Å². The van der Waals surface area contributed by atoms with Crippen molar-refractivity contribution in [1.29, 1.82) is 0 Å². The van der Waals surface area contributed by atoms with Crippen LogP contribution < -0.4 is 5.56 Å². The van der Waals surface area contributed by atoms with E-state index in [1.165, 1.54) is 11.6 Å². The molecule has 0 aliphatic rings. The molecule has 0 aliphatic heterocycles. The molecule has 0 saturated heterocycles. The summed E-state index contributed by atoms with van der Waals surface area (Å²) in [6.45, 7) is 1.95. The fourth-order valence-electron chi connectivity index (χ4n) is 1.81. The largest absolute Gasteiger partial charge is 0.477 e. The van der Waals surface area contributed by atoms with Crippen molar-refractivity contribution in [2.75, 3.05) is 0 Å². The quantitative estimate of drug-likeness (QED) is 0.878. The third kappa shape index (κ3) is 2.05. The first-order valence-corrected chi connectivity index (χ1v) is 5.50. The number of carboxylic acids is 1. The number of carbonyl (C=O) groups is 1. The topological polar surface area (TPSA) is 59.3 Å². The normalized spacial score (nSPS) is 10.3. The number of aryl methyl sites for hydroxylation is 2. The smallest absolute Gasteiger partial charge is 0.341 e. The Balaban J connectivity index is 2.72. The fraction of sp³-hybridized carbons (Fsp3) is 0.143. The maximum atomic E-state index is 11.9. The number of aromatic nitrogens is 1. The minimum absolute atomic E-state index is 0.191. The van der Waals surface area contributed by atoms with Crippen molar-refractivity contribution in [3.63, 3.8) is 0 Å². The van der Waals surface area contributed by atoms with E-state index in [4.69, 9.17) is 0 Å². The molecule has 2 aromatic rings. The Hall–Kier alpha value is -2.36. The van der Waals surface area contributed by atoms with Crippen LogP contribution in [-0.4, -0.2) is 15.6 Å². The first-order valence-electron chi connectivity index (χ1n) is 5.50. The molecule has 0 aliphatic carbocycles. The third-order valence-electron chi connectivity index (χ3n) is 2.84. The van der Waals surface area contributed by atoms with E-state index in [9.17, 15) is 14.7 Å². The van der Waals surface area contributed by atoms with E-state index in [2.05, 4.69) is 0 Å². The monoisotopic (exact) mass is 243 g/mol. The molecule has 1 N–H and O–H groups in total. The average Bonchev–Trinajstić information content (AvgIpc) is 2.33. The summed E-state index contributed by atoms with van der Waals surface area (Å²) in [5, 5.41) is 9.17.